The molecule has 2 aromatic carbocycles. The number of amides is 1. The number of carbonyl (C=O) groups is 1. The summed E-state index contributed by atoms with van der Waals surface area (Å²) in [6, 6.07) is 13.8. The van der Waals surface area contributed by atoms with Gasteiger partial charge < -0.3 is 24.6 Å². The largest absolute Gasteiger partial charge is 0.379 e. The van der Waals surface area contributed by atoms with Crippen molar-refractivity contribution < 1.29 is 18.7 Å². The van der Waals surface area contributed by atoms with Crippen molar-refractivity contribution in [2.24, 2.45) is 0 Å². The Balaban J connectivity index is 1.39. The molecule has 7 nitrogen and oxygen atoms in total. The SMILES string of the molecule is Cc1ccc(C(=O)N(CCN2CCOCC2)CC2CN(C(=S)Nc3ccc(F)cc3)CCO2)cc1. The average molecular weight is 501 g/mol. The molecule has 2 saturated heterocycles. The fourth-order valence-electron chi connectivity index (χ4n) is 4.24. The minimum atomic E-state index is -0.289. The third kappa shape index (κ3) is 7.44. The summed E-state index contributed by atoms with van der Waals surface area (Å²) in [5.74, 6) is -0.283. The van der Waals surface area contributed by atoms with Gasteiger partial charge in [-0.3, -0.25) is 9.69 Å². The fourth-order valence-corrected chi connectivity index (χ4v) is 4.52. The van der Waals surface area contributed by atoms with Gasteiger partial charge in [0.05, 0.1) is 25.9 Å². The zero-order chi connectivity index (χ0) is 24.6. The number of benzene rings is 2. The van der Waals surface area contributed by atoms with Crippen LogP contribution in [0.2, 0.25) is 0 Å². The molecule has 0 aliphatic carbocycles. The number of carbonyl (C=O) groups excluding carboxylic acids is 1. The number of anilines is 1. The van der Waals surface area contributed by atoms with Gasteiger partial charge in [-0.25, -0.2) is 4.39 Å². The number of ether oxygens (including phenoxy) is 2. The highest BCUT2D eigenvalue weighted by atomic mass is 32.1. The van der Waals surface area contributed by atoms with E-state index in [-0.39, 0.29) is 17.8 Å². The van der Waals surface area contributed by atoms with E-state index in [9.17, 15) is 9.18 Å². The van der Waals surface area contributed by atoms with E-state index in [1.807, 2.05) is 41.0 Å². The zero-order valence-electron chi connectivity index (χ0n) is 20.1. The molecular formula is C26H33FN4O3S. The summed E-state index contributed by atoms with van der Waals surface area (Å²) in [5, 5.41) is 3.74. The molecule has 1 N–H and O–H groups in total. The second-order valence-corrected chi connectivity index (χ2v) is 9.33. The van der Waals surface area contributed by atoms with Crippen LogP contribution in [0.3, 0.4) is 0 Å². The Morgan fingerprint density at radius 1 is 1.09 bits per heavy atom. The van der Waals surface area contributed by atoms with Gasteiger partial charge in [-0.15, -0.1) is 0 Å². The van der Waals surface area contributed by atoms with E-state index in [4.69, 9.17) is 21.7 Å². The average Bonchev–Trinajstić information content (AvgIpc) is 2.88. The highest BCUT2D eigenvalue weighted by molar-refractivity contribution is 7.80. The first-order valence-corrected chi connectivity index (χ1v) is 12.5. The zero-order valence-corrected chi connectivity index (χ0v) is 20.9. The van der Waals surface area contributed by atoms with E-state index < -0.39 is 0 Å². The summed E-state index contributed by atoms with van der Waals surface area (Å²) in [5.41, 5.74) is 2.54. The van der Waals surface area contributed by atoms with E-state index in [0.717, 1.165) is 44.1 Å². The predicted octanol–water partition coefficient (Wildman–Crippen LogP) is 3.01. The molecule has 2 aromatic rings. The van der Waals surface area contributed by atoms with Crippen molar-refractivity contribution in [3.8, 4) is 0 Å². The van der Waals surface area contributed by atoms with Crippen molar-refractivity contribution in [3.05, 3.63) is 65.5 Å². The Labute approximate surface area is 211 Å². The predicted molar refractivity (Wildman–Crippen MR) is 138 cm³/mol. The topological polar surface area (TPSA) is 57.3 Å². The number of nitrogens with zero attached hydrogens (tertiary/aromatic N) is 3. The lowest BCUT2D eigenvalue weighted by Gasteiger charge is -2.37. The number of rotatable bonds is 7. The smallest absolute Gasteiger partial charge is 0.253 e. The van der Waals surface area contributed by atoms with Crippen molar-refractivity contribution in [1.29, 1.82) is 0 Å². The third-order valence-corrected chi connectivity index (χ3v) is 6.68. The highest BCUT2D eigenvalue weighted by Crippen LogP contribution is 2.15. The molecule has 0 radical (unpaired) electrons. The lowest BCUT2D eigenvalue weighted by atomic mass is 10.1. The fraction of sp³-hybridized carbons (Fsp3) is 0.462. The minimum Gasteiger partial charge on any atom is -0.379 e. The quantitative estimate of drug-likeness (QED) is 0.587. The van der Waals surface area contributed by atoms with Crippen molar-refractivity contribution in [2.45, 2.75) is 13.0 Å². The molecule has 2 heterocycles. The number of thiocarbonyl (C=S) groups is 1. The van der Waals surface area contributed by atoms with Crippen molar-refractivity contribution >= 4 is 28.9 Å². The van der Waals surface area contributed by atoms with Gasteiger partial charge in [0.25, 0.3) is 5.91 Å². The normalized spacial score (nSPS) is 18.8. The van der Waals surface area contributed by atoms with Crippen LogP contribution in [0.15, 0.2) is 48.5 Å². The van der Waals surface area contributed by atoms with Gasteiger partial charge >= 0.3 is 0 Å². The molecule has 0 bridgehead atoms. The maximum atomic E-state index is 13.4. The van der Waals surface area contributed by atoms with Gasteiger partial charge in [-0.2, -0.15) is 0 Å². The Kier molecular flexibility index (Phi) is 9.03. The molecule has 4 rings (SSSR count). The second kappa shape index (κ2) is 12.4. The molecule has 9 heteroatoms. The first kappa shape index (κ1) is 25.5. The standard InChI is InChI=1S/C26H33FN4O3S/c1-20-2-4-21(5-3-20)25(32)30(11-10-29-12-15-33-16-13-29)18-24-19-31(14-17-34-24)26(35)28-23-8-6-22(27)7-9-23/h2-9,24H,10-19H2,1H3,(H,28,35). The summed E-state index contributed by atoms with van der Waals surface area (Å²) in [4.78, 5) is 19.7. The van der Waals surface area contributed by atoms with Gasteiger partial charge in [-0.1, -0.05) is 17.7 Å². The summed E-state index contributed by atoms with van der Waals surface area (Å²) in [7, 11) is 0. The molecule has 1 unspecified atom stereocenters. The van der Waals surface area contributed by atoms with Crippen LogP contribution >= 0.6 is 12.2 Å². The molecule has 1 amide bonds. The number of aryl methyl sites for hydroxylation is 1. The number of morpholine rings is 2. The van der Waals surface area contributed by atoms with Gasteiger partial charge in [0.2, 0.25) is 0 Å². The van der Waals surface area contributed by atoms with Crippen LogP contribution in [0.4, 0.5) is 10.1 Å². The maximum Gasteiger partial charge on any atom is 0.253 e. The van der Waals surface area contributed by atoms with Crippen LogP contribution in [-0.2, 0) is 9.47 Å². The minimum absolute atomic E-state index is 0.00555. The van der Waals surface area contributed by atoms with Crippen molar-refractivity contribution in [3.63, 3.8) is 0 Å². The van der Waals surface area contributed by atoms with Gasteiger partial charge in [-0.05, 0) is 55.5 Å². The molecule has 0 aromatic heterocycles. The first-order chi connectivity index (χ1) is 17.0. The Morgan fingerprint density at radius 3 is 2.51 bits per heavy atom. The van der Waals surface area contributed by atoms with Crippen LogP contribution in [0.1, 0.15) is 15.9 Å². The van der Waals surface area contributed by atoms with Crippen LogP contribution in [0.5, 0.6) is 0 Å². The highest BCUT2D eigenvalue weighted by Gasteiger charge is 2.27. The molecule has 188 valence electrons. The first-order valence-electron chi connectivity index (χ1n) is 12.1. The number of hydrogen-bond acceptors (Lipinski definition) is 5. The maximum absolute atomic E-state index is 13.4. The summed E-state index contributed by atoms with van der Waals surface area (Å²) in [6.07, 6.45) is -0.171. The lowest BCUT2D eigenvalue weighted by molar-refractivity contribution is -0.0228. The monoisotopic (exact) mass is 500 g/mol. The number of hydrogen-bond donors (Lipinski definition) is 1. The van der Waals surface area contributed by atoms with E-state index in [0.29, 0.717) is 43.5 Å². The molecule has 0 spiro atoms. The van der Waals surface area contributed by atoms with Crippen molar-refractivity contribution in [1.82, 2.24) is 14.7 Å². The summed E-state index contributed by atoms with van der Waals surface area (Å²) < 4.78 is 24.7. The summed E-state index contributed by atoms with van der Waals surface area (Å²) in [6.45, 7) is 8.86. The van der Waals surface area contributed by atoms with Crippen LogP contribution < -0.4 is 5.32 Å². The number of nitrogens with one attached hydrogen (secondary N) is 1. The molecule has 0 saturated carbocycles. The molecule has 1 atom stereocenters. The van der Waals surface area contributed by atoms with E-state index in [1.165, 1.54) is 12.1 Å². The third-order valence-electron chi connectivity index (χ3n) is 6.32. The molecular weight excluding hydrogens is 467 g/mol. The molecule has 2 fully saturated rings. The van der Waals surface area contributed by atoms with Crippen LogP contribution in [-0.4, -0.2) is 97.5 Å². The van der Waals surface area contributed by atoms with Gasteiger partial charge in [0.1, 0.15) is 5.82 Å². The van der Waals surface area contributed by atoms with Crippen LogP contribution in [0.25, 0.3) is 0 Å². The van der Waals surface area contributed by atoms with Gasteiger partial charge in [0.15, 0.2) is 5.11 Å². The Hall–Kier alpha value is -2.59. The van der Waals surface area contributed by atoms with Crippen molar-refractivity contribution in [2.75, 3.05) is 71.0 Å². The molecule has 35 heavy (non-hydrogen) atoms. The Morgan fingerprint density at radius 2 is 1.80 bits per heavy atom. The van der Waals surface area contributed by atoms with E-state index in [1.54, 1.807) is 12.1 Å². The summed E-state index contributed by atoms with van der Waals surface area (Å²) >= 11 is 5.60. The van der Waals surface area contributed by atoms with E-state index >= 15 is 0 Å². The number of halogens is 1. The molecule has 2 aliphatic rings. The second-order valence-electron chi connectivity index (χ2n) is 8.95. The van der Waals surface area contributed by atoms with Crippen LogP contribution in [0, 0.1) is 12.7 Å². The Bertz CT molecular complexity index is 983. The molecule has 2 aliphatic heterocycles. The van der Waals surface area contributed by atoms with E-state index in [2.05, 4.69) is 10.2 Å². The lowest BCUT2D eigenvalue weighted by Crippen LogP contribution is -2.52. The van der Waals surface area contributed by atoms with Gasteiger partial charge in [0, 0.05) is 57.1 Å².